The van der Waals surface area contributed by atoms with Crippen LogP contribution in [0.15, 0.2) is 54.6 Å². The number of nitrogens with zero attached hydrogens (tertiary/aromatic N) is 1. The van der Waals surface area contributed by atoms with Gasteiger partial charge in [0.15, 0.2) is 0 Å². The Kier molecular flexibility index (Phi) is 2.56. The standard InChI is InChI=1S/C16H16N2/c1-12-6-8-13(9-7-12)11-18-15-5-3-2-4-14(15)10-16(18)17/h2-10H,11,17H2,1H3. The van der Waals surface area contributed by atoms with E-state index in [-0.39, 0.29) is 0 Å². The van der Waals surface area contributed by atoms with Gasteiger partial charge in [-0.25, -0.2) is 0 Å². The van der Waals surface area contributed by atoms with Gasteiger partial charge >= 0.3 is 0 Å². The van der Waals surface area contributed by atoms with Gasteiger partial charge in [0.1, 0.15) is 5.82 Å². The lowest BCUT2D eigenvalue weighted by molar-refractivity contribution is 0.848. The molecule has 0 atom stereocenters. The zero-order valence-electron chi connectivity index (χ0n) is 10.4. The first-order valence-corrected chi connectivity index (χ1v) is 6.13. The number of hydrogen-bond donors (Lipinski definition) is 1. The fourth-order valence-electron chi connectivity index (χ4n) is 2.28. The molecule has 0 bridgehead atoms. The Morgan fingerprint density at radius 3 is 2.50 bits per heavy atom. The molecule has 0 saturated carbocycles. The minimum absolute atomic E-state index is 0.816. The lowest BCUT2D eigenvalue weighted by Crippen LogP contribution is -2.03. The Morgan fingerprint density at radius 1 is 1.00 bits per heavy atom. The number of nitrogens with two attached hydrogens (primary N) is 1. The molecule has 0 radical (unpaired) electrons. The topological polar surface area (TPSA) is 30.9 Å². The second kappa shape index (κ2) is 4.22. The van der Waals surface area contributed by atoms with Gasteiger partial charge < -0.3 is 10.3 Å². The lowest BCUT2D eigenvalue weighted by Gasteiger charge is -2.08. The zero-order chi connectivity index (χ0) is 12.5. The van der Waals surface area contributed by atoms with Crippen molar-refractivity contribution < 1.29 is 0 Å². The fraction of sp³-hybridized carbons (Fsp3) is 0.125. The van der Waals surface area contributed by atoms with Gasteiger partial charge in [0.05, 0.1) is 5.52 Å². The third-order valence-electron chi connectivity index (χ3n) is 3.30. The number of anilines is 1. The number of benzene rings is 2. The number of aryl methyl sites for hydroxylation is 1. The second-order valence-electron chi connectivity index (χ2n) is 4.70. The van der Waals surface area contributed by atoms with Crippen LogP contribution >= 0.6 is 0 Å². The van der Waals surface area contributed by atoms with E-state index >= 15 is 0 Å². The van der Waals surface area contributed by atoms with Crippen molar-refractivity contribution in [3.8, 4) is 0 Å². The van der Waals surface area contributed by atoms with E-state index in [2.05, 4.69) is 47.9 Å². The summed E-state index contributed by atoms with van der Waals surface area (Å²) in [6.07, 6.45) is 0. The van der Waals surface area contributed by atoms with Crippen LogP contribution in [0.2, 0.25) is 0 Å². The van der Waals surface area contributed by atoms with Crippen molar-refractivity contribution in [1.29, 1.82) is 0 Å². The van der Waals surface area contributed by atoms with Crippen LogP contribution in [0.1, 0.15) is 11.1 Å². The Bertz CT molecular complexity index is 678. The third kappa shape index (κ3) is 1.86. The van der Waals surface area contributed by atoms with Crippen LogP contribution in [-0.2, 0) is 6.54 Å². The van der Waals surface area contributed by atoms with Crippen LogP contribution in [0.5, 0.6) is 0 Å². The van der Waals surface area contributed by atoms with Gasteiger partial charge in [-0.15, -0.1) is 0 Å². The van der Waals surface area contributed by atoms with Crippen LogP contribution in [0.3, 0.4) is 0 Å². The summed E-state index contributed by atoms with van der Waals surface area (Å²) < 4.78 is 2.15. The molecule has 18 heavy (non-hydrogen) atoms. The van der Waals surface area contributed by atoms with Crippen molar-refractivity contribution in [2.45, 2.75) is 13.5 Å². The van der Waals surface area contributed by atoms with Crippen LogP contribution in [0, 0.1) is 6.92 Å². The summed E-state index contributed by atoms with van der Waals surface area (Å²) in [6, 6.07) is 18.9. The first-order valence-electron chi connectivity index (χ1n) is 6.13. The second-order valence-corrected chi connectivity index (χ2v) is 4.70. The minimum atomic E-state index is 0.816. The van der Waals surface area contributed by atoms with Crippen molar-refractivity contribution in [1.82, 2.24) is 4.57 Å². The summed E-state index contributed by atoms with van der Waals surface area (Å²) in [4.78, 5) is 0. The summed E-state index contributed by atoms with van der Waals surface area (Å²) in [5.41, 5.74) is 9.84. The van der Waals surface area contributed by atoms with E-state index in [0.29, 0.717) is 0 Å². The number of fused-ring (bicyclic) bond motifs is 1. The van der Waals surface area contributed by atoms with Crippen molar-refractivity contribution in [2.24, 2.45) is 0 Å². The van der Waals surface area contributed by atoms with E-state index in [0.717, 1.165) is 12.4 Å². The lowest BCUT2D eigenvalue weighted by atomic mass is 10.1. The number of rotatable bonds is 2. The summed E-state index contributed by atoms with van der Waals surface area (Å²) in [5.74, 6) is 0.816. The molecule has 2 N–H and O–H groups in total. The molecule has 0 unspecified atom stereocenters. The Labute approximate surface area is 107 Å². The summed E-state index contributed by atoms with van der Waals surface area (Å²) in [5, 5.41) is 1.20. The maximum Gasteiger partial charge on any atom is 0.104 e. The van der Waals surface area contributed by atoms with Gasteiger partial charge in [0, 0.05) is 11.9 Å². The van der Waals surface area contributed by atoms with Crippen LogP contribution in [-0.4, -0.2) is 4.57 Å². The van der Waals surface area contributed by atoms with Gasteiger partial charge in [-0.2, -0.15) is 0 Å². The quantitative estimate of drug-likeness (QED) is 0.724. The Hall–Kier alpha value is -2.22. The minimum Gasteiger partial charge on any atom is -0.385 e. The smallest absolute Gasteiger partial charge is 0.104 e. The number of para-hydroxylation sites is 1. The predicted molar refractivity (Wildman–Crippen MR) is 76.6 cm³/mol. The van der Waals surface area contributed by atoms with Crippen molar-refractivity contribution in [3.63, 3.8) is 0 Å². The molecule has 1 aromatic heterocycles. The monoisotopic (exact) mass is 236 g/mol. The highest BCUT2D eigenvalue weighted by atomic mass is 15.0. The summed E-state index contributed by atoms with van der Waals surface area (Å²) in [6.45, 7) is 2.92. The predicted octanol–water partition coefficient (Wildman–Crippen LogP) is 3.58. The van der Waals surface area contributed by atoms with Crippen LogP contribution in [0.4, 0.5) is 5.82 Å². The van der Waals surface area contributed by atoms with Gasteiger partial charge in [-0.05, 0) is 24.6 Å². The fourth-order valence-corrected chi connectivity index (χ4v) is 2.28. The van der Waals surface area contributed by atoms with E-state index in [1.165, 1.54) is 22.0 Å². The van der Waals surface area contributed by atoms with Gasteiger partial charge in [-0.3, -0.25) is 0 Å². The average molecular weight is 236 g/mol. The molecule has 3 aromatic rings. The van der Waals surface area contributed by atoms with Crippen molar-refractivity contribution >= 4 is 16.7 Å². The Morgan fingerprint density at radius 2 is 1.72 bits per heavy atom. The van der Waals surface area contributed by atoms with Crippen LogP contribution in [0.25, 0.3) is 10.9 Å². The highest BCUT2D eigenvalue weighted by molar-refractivity contribution is 5.84. The van der Waals surface area contributed by atoms with Crippen LogP contribution < -0.4 is 5.73 Å². The molecule has 90 valence electrons. The van der Waals surface area contributed by atoms with Gasteiger partial charge in [0.2, 0.25) is 0 Å². The number of hydrogen-bond acceptors (Lipinski definition) is 1. The highest BCUT2D eigenvalue weighted by Gasteiger charge is 2.05. The molecule has 0 aliphatic rings. The largest absolute Gasteiger partial charge is 0.385 e. The molecule has 2 nitrogen and oxygen atoms in total. The van der Waals surface area contributed by atoms with E-state index in [4.69, 9.17) is 5.73 Å². The summed E-state index contributed by atoms with van der Waals surface area (Å²) >= 11 is 0. The molecular weight excluding hydrogens is 220 g/mol. The van der Waals surface area contributed by atoms with E-state index in [1.54, 1.807) is 0 Å². The van der Waals surface area contributed by atoms with E-state index in [1.807, 2.05) is 18.2 Å². The summed E-state index contributed by atoms with van der Waals surface area (Å²) in [7, 11) is 0. The number of nitrogen functional groups attached to an aromatic ring is 1. The maximum atomic E-state index is 6.09. The molecule has 3 rings (SSSR count). The zero-order valence-corrected chi connectivity index (χ0v) is 10.4. The molecule has 0 saturated heterocycles. The molecule has 0 spiro atoms. The first kappa shape index (κ1) is 10.9. The molecule has 2 heteroatoms. The molecular formula is C16H16N2. The average Bonchev–Trinajstić information content (AvgIpc) is 2.69. The Balaban J connectivity index is 2.04. The molecule has 1 heterocycles. The van der Waals surface area contributed by atoms with Crippen molar-refractivity contribution in [3.05, 3.63) is 65.7 Å². The first-order chi connectivity index (χ1) is 8.74. The maximum absolute atomic E-state index is 6.09. The number of aromatic nitrogens is 1. The molecule has 0 aliphatic heterocycles. The van der Waals surface area contributed by atoms with E-state index < -0.39 is 0 Å². The molecule has 0 aliphatic carbocycles. The third-order valence-corrected chi connectivity index (χ3v) is 3.30. The van der Waals surface area contributed by atoms with Gasteiger partial charge in [-0.1, -0.05) is 48.0 Å². The molecule has 0 amide bonds. The molecule has 0 fully saturated rings. The molecule has 2 aromatic carbocycles. The normalized spacial score (nSPS) is 10.9. The highest BCUT2D eigenvalue weighted by Crippen LogP contribution is 2.22. The van der Waals surface area contributed by atoms with Gasteiger partial charge in [0.25, 0.3) is 0 Å². The SMILES string of the molecule is Cc1ccc(Cn2c(N)cc3ccccc32)cc1. The van der Waals surface area contributed by atoms with E-state index in [9.17, 15) is 0 Å². The van der Waals surface area contributed by atoms with Crippen molar-refractivity contribution in [2.75, 3.05) is 5.73 Å².